The van der Waals surface area contributed by atoms with Crippen molar-refractivity contribution in [2.45, 2.75) is 6.36 Å². The predicted octanol–water partition coefficient (Wildman–Crippen LogP) is 4.86. The molecule has 0 N–H and O–H groups in total. The molecule has 10 heteroatoms. The van der Waals surface area contributed by atoms with Crippen LogP contribution in [-0.4, -0.2) is 25.5 Å². The Morgan fingerprint density at radius 2 is 1.74 bits per heavy atom. The summed E-state index contributed by atoms with van der Waals surface area (Å²) < 4.78 is 45.2. The highest BCUT2D eigenvalue weighted by Gasteiger charge is 2.31. The minimum absolute atomic E-state index is 0.297. The molecule has 0 radical (unpaired) electrons. The molecule has 3 aromatic heterocycles. The molecule has 0 bridgehead atoms. The van der Waals surface area contributed by atoms with Crippen molar-refractivity contribution in [3.8, 4) is 28.8 Å². The largest absolute Gasteiger partial charge is 0.573 e. The molecule has 0 saturated heterocycles. The van der Waals surface area contributed by atoms with E-state index >= 15 is 0 Å². The fourth-order valence-corrected chi connectivity index (χ4v) is 3.94. The van der Waals surface area contributed by atoms with Gasteiger partial charge in [0.25, 0.3) is 0 Å². The molecule has 0 aliphatic carbocycles. The number of ether oxygens (including phenoxy) is 1. The maximum absolute atomic E-state index is 12.6. The highest BCUT2D eigenvalue weighted by molar-refractivity contribution is 6.04. The third kappa shape index (κ3) is 3.73. The molecule has 0 aliphatic heterocycles. The third-order valence-electron chi connectivity index (χ3n) is 5.40. The van der Waals surface area contributed by atoms with Crippen molar-refractivity contribution in [3.05, 3.63) is 78.8 Å². The minimum atomic E-state index is -4.79. The average Bonchev–Trinajstić information content (AvgIpc) is 3.11. The molecule has 5 rings (SSSR count). The summed E-state index contributed by atoms with van der Waals surface area (Å²) in [4.78, 5) is 12.6. The first-order chi connectivity index (χ1) is 16.4. The number of pyridine rings is 2. The number of nitrogens with zero attached hydrogens (tertiary/aromatic N) is 6. The topological polar surface area (TPSA) is 81.0 Å². The zero-order chi connectivity index (χ0) is 23.9. The average molecular weight is 460 g/mol. The summed E-state index contributed by atoms with van der Waals surface area (Å²) in [5.41, 5.74) is 4.83. The highest BCUT2D eigenvalue weighted by Crippen LogP contribution is 2.30. The fraction of sp³-hybridized carbons (Fsp3) is 0.0833. The van der Waals surface area contributed by atoms with E-state index in [1.807, 2.05) is 30.3 Å². The summed E-state index contributed by atoms with van der Waals surface area (Å²) in [5, 5.41) is 10.1. The monoisotopic (exact) mass is 460 g/mol. The number of imidazole rings is 1. The molecule has 0 amide bonds. The second kappa shape index (κ2) is 8.04. The Kier molecular flexibility index (Phi) is 5.02. The van der Waals surface area contributed by atoms with Crippen LogP contribution in [0.3, 0.4) is 0 Å². The van der Waals surface area contributed by atoms with E-state index in [0.29, 0.717) is 27.9 Å². The van der Waals surface area contributed by atoms with Gasteiger partial charge in [-0.15, -0.1) is 18.2 Å². The number of hydrogen-bond donors (Lipinski definition) is 0. The van der Waals surface area contributed by atoms with Crippen molar-refractivity contribution in [3.63, 3.8) is 0 Å². The number of benzene rings is 2. The third-order valence-corrected chi connectivity index (χ3v) is 5.40. The summed E-state index contributed by atoms with van der Waals surface area (Å²) >= 11 is 0. The standard InChI is InChI=1S/C24H15F3N6O/c1-32-21-13-30-20-7-2-16(15-8-10-29-11-9-15)12-19(20)22(21)33(23(32)31-14-28)17-3-5-18(6-4-17)34-24(25,26)27/h2-13H,1H3. The van der Waals surface area contributed by atoms with Gasteiger partial charge in [0.1, 0.15) is 5.75 Å². The van der Waals surface area contributed by atoms with Crippen LogP contribution >= 0.6 is 0 Å². The fourth-order valence-electron chi connectivity index (χ4n) is 3.94. The van der Waals surface area contributed by atoms with Crippen molar-refractivity contribution >= 4 is 21.9 Å². The van der Waals surface area contributed by atoms with Crippen LogP contribution in [0.5, 0.6) is 5.75 Å². The Bertz CT molecular complexity index is 1630. The van der Waals surface area contributed by atoms with Gasteiger partial charge in [0.05, 0.1) is 22.7 Å². The van der Waals surface area contributed by atoms with Gasteiger partial charge < -0.3 is 9.30 Å². The van der Waals surface area contributed by atoms with Gasteiger partial charge in [-0.3, -0.25) is 14.5 Å². The second-order valence-electron chi connectivity index (χ2n) is 7.41. The Hall–Kier alpha value is -4.65. The van der Waals surface area contributed by atoms with Crippen LogP contribution in [0.1, 0.15) is 0 Å². The number of nitriles is 1. The van der Waals surface area contributed by atoms with Gasteiger partial charge in [-0.1, -0.05) is 6.07 Å². The van der Waals surface area contributed by atoms with Gasteiger partial charge in [-0.2, -0.15) is 5.26 Å². The van der Waals surface area contributed by atoms with E-state index in [1.54, 1.807) is 41.0 Å². The van der Waals surface area contributed by atoms with Crippen LogP contribution in [0.4, 0.5) is 13.2 Å². The van der Waals surface area contributed by atoms with Gasteiger partial charge in [0.15, 0.2) is 0 Å². The van der Waals surface area contributed by atoms with Gasteiger partial charge in [0, 0.05) is 30.5 Å². The van der Waals surface area contributed by atoms with Gasteiger partial charge >= 0.3 is 6.36 Å². The van der Waals surface area contributed by atoms with Gasteiger partial charge in [0.2, 0.25) is 11.8 Å². The Labute approximate surface area is 190 Å². The second-order valence-corrected chi connectivity index (χ2v) is 7.41. The molecule has 3 heterocycles. The maximum Gasteiger partial charge on any atom is 0.573 e. The minimum Gasteiger partial charge on any atom is -0.406 e. The van der Waals surface area contributed by atoms with Crippen molar-refractivity contribution in [2.24, 2.45) is 12.0 Å². The molecule has 0 aliphatic rings. The van der Waals surface area contributed by atoms with E-state index in [-0.39, 0.29) is 5.75 Å². The summed E-state index contributed by atoms with van der Waals surface area (Å²) in [5.74, 6) is -0.345. The molecule has 7 nitrogen and oxygen atoms in total. The van der Waals surface area contributed by atoms with Crippen molar-refractivity contribution in [1.29, 1.82) is 5.26 Å². The van der Waals surface area contributed by atoms with Crippen LogP contribution < -0.4 is 10.4 Å². The smallest absolute Gasteiger partial charge is 0.406 e. The molecule has 0 fully saturated rings. The lowest BCUT2D eigenvalue weighted by atomic mass is 10.0. The molecular formula is C24H15F3N6O. The van der Waals surface area contributed by atoms with E-state index in [9.17, 15) is 18.4 Å². The number of hydrogen-bond acceptors (Lipinski definition) is 5. The zero-order valence-corrected chi connectivity index (χ0v) is 17.7. The SMILES string of the molecule is Cn1c(=NC#N)n(-c2ccc(OC(F)(F)F)cc2)c2c3cc(-c4ccncc4)ccc3ncc21. The summed E-state index contributed by atoms with van der Waals surface area (Å²) in [6.07, 6.45) is 2.10. The molecule has 5 aromatic rings. The Balaban J connectivity index is 1.81. The molecule has 0 saturated carbocycles. The number of aryl methyl sites for hydroxylation is 1. The molecule has 2 aromatic carbocycles. The predicted molar refractivity (Wildman–Crippen MR) is 119 cm³/mol. The number of halogens is 3. The zero-order valence-electron chi connectivity index (χ0n) is 17.7. The first kappa shape index (κ1) is 21.2. The molecule has 34 heavy (non-hydrogen) atoms. The lowest BCUT2D eigenvalue weighted by Gasteiger charge is -2.11. The molecule has 0 atom stereocenters. The summed E-state index contributed by atoms with van der Waals surface area (Å²) in [7, 11) is 1.75. The molecular weight excluding hydrogens is 445 g/mol. The van der Waals surface area contributed by atoms with E-state index in [2.05, 4.69) is 19.7 Å². The van der Waals surface area contributed by atoms with Crippen LogP contribution in [0.2, 0.25) is 0 Å². The molecule has 168 valence electrons. The van der Waals surface area contributed by atoms with Gasteiger partial charge in [-0.05, 0) is 59.7 Å². The van der Waals surface area contributed by atoms with E-state index in [0.717, 1.165) is 16.5 Å². The Morgan fingerprint density at radius 3 is 2.41 bits per heavy atom. The molecule has 0 spiro atoms. The van der Waals surface area contributed by atoms with E-state index in [4.69, 9.17) is 0 Å². The number of fused-ring (bicyclic) bond motifs is 3. The first-order valence-corrected chi connectivity index (χ1v) is 10.1. The van der Waals surface area contributed by atoms with Gasteiger partial charge in [-0.25, -0.2) is 0 Å². The molecule has 0 unspecified atom stereocenters. The van der Waals surface area contributed by atoms with E-state index < -0.39 is 6.36 Å². The van der Waals surface area contributed by atoms with Crippen molar-refractivity contribution in [1.82, 2.24) is 19.1 Å². The normalized spacial score (nSPS) is 12.3. The van der Waals surface area contributed by atoms with Crippen LogP contribution in [0.15, 0.2) is 78.2 Å². The highest BCUT2D eigenvalue weighted by atomic mass is 19.4. The Morgan fingerprint density at radius 1 is 1.00 bits per heavy atom. The van der Waals surface area contributed by atoms with Crippen LogP contribution in [-0.2, 0) is 7.05 Å². The summed E-state index contributed by atoms with van der Waals surface area (Å²) in [6.45, 7) is 0. The number of alkyl halides is 3. The lowest BCUT2D eigenvalue weighted by molar-refractivity contribution is -0.274. The lowest BCUT2D eigenvalue weighted by Crippen LogP contribution is -2.23. The quantitative estimate of drug-likeness (QED) is 0.360. The summed E-state index contributed by atoms with van der Waals surface area (Å²) in [6, 6.07) is 15.0. The van der Waals surface area contributed by atoms with Crippen LogP contribution in [0, 0.1) is 11.5 Å². The number of rotatable bonds is 3. The first-order valence-electron chi connectivity index (χ1n) is 10.1. The van der Waals surface area contributed by atoms with E-state index in [1.165, 1.54) is 24.3 Å². The number of aromatic nitrogens is 4. The van der Waals surface area contributed by atoms with Crippen molar-refractivity contribution < 1.29 is 17.9 Å². The maximum atomic E-state index is 12.6. The van der Waals surface area contributed by atoms with Crippen LogP contribution in [0.25, 0.3) is 38.8 Å². The van der Waals surface area contributed by atoms with Crippen molar-refractivity contribution in [2.75, 3.05) is 0 Å².